The van der Waals surface area contributed by atoms with Gasteiger partial charge in [-0.15, -0.1) is 0 Å². The highest BCUT2D eigenvalue weighted by Gasteiger charge is 2.27. The van der Waals surface area contributed by atoms with Crippen LogP contribution in [0, 0.1) is 0 Å². The Balaban J connectivity index is 2.54. The maximum Gasteiger partial charge on any atom is 0.179 e. The summed E-state index contributed by atoms with van der Waals surface area (Å²) >= 11 is 0. The third kappa shape index (κ3) is 1.07. The van der Waals surface area contributed by atoms with Crippen molar-refractivity contribution in [2.75, 3.05) is 27.8 Å². The highest BCUT2D eigenvalue weighted by molar-refractivity contribution is 4.61. The first-order chi connectivity index (χ1) is 4.13. The first kappa shape index (κ1) is 6.95. The van der Waals surface area contributed by atoms with Crippen LogP contribution in [0.2, 0.25) is 0 Å². The molecular weight excluding hydrogens is 118 g/mol. The van der Waals surface area contributed by atoms with Gasteiger partial charge in [0.2, 0.25) is 0 Å². The van der Waals surface area contributed by atoms with Crippen LogP contribution in [-0.4, -0.2) is 54.2 Å². The summed E-state index contributed by atoms with van der Waals surface area (Å²) in [6, 6.07) is 0. The highest BCUT2D eigenvalue weighted by Crippen LogP contribution is 2.09. The zero-order valence-electron chi connectivity index (χ0n) is 6.07. The van der Waals surface area contributed by atoms with Crippen LogP contribution in [0.25, 0.3) is 0 Å². The molecule has 0 bridgehead atoms. The summed E-state index contributed by atoms with van der Waals surface area (Å²) in [5.41, 5.74) is 0. The summed E-state index contributed by atoms with van der Waals surface area (Å²) in [6.07, 6.45) is -0.449. The fraction of sp³-hybridized carbons (Fsp3) is 1.00. The van der Waals surface area contributed by atoms with Crippen LogP contribution in [0.3, 0.4) is 0 Å². The van der Waals surface area contributed by atoms with Crippen LogP contribution < -0.4 is 0 Å². The van der Waals surface area contributed by atoms with Crippen LogP contribution in [0.1, 0.15) is 0 Å². The van der Waals surface area contributed by atoms with E-state index in [0.717, 1.165) is 6.67 Å². The van der Waals surface area contributed by atoms with E-state index in [1.807, 2.05) is 31.1 Å². The van der Waals surface area contributed by atoms with Gasteiger partial charge in [0, 0.05) is 14.1 Å². The summed E-state index contributed by atoms with van der Waals surface area (Å²) in [6.45, 7) is 0.789. The molecule has 0 aromatic heterocycles. The largest absolute Gasteiger partial charge is 0.364 e. The molecule has 1 fully saturated rings. The fourth-order valence-electron chi connectivity index (χ4n) is 0.957. The minimum Gasteiger partial charge on any atom is -0.364 e. The first-order valence-corrected chi connectivity index (χ1v) is 2.95. The van der Waals surface area contributed by atoms with Crippen molar-refractivity contribution >= 4 is 0 Å². The topological polar surface area (TPSA) is 30.0 Å². The molecule has 0 aromatic carbocycles. The normalized spacial score (nSPS) is 34.0. The Hall–Kier alpha value is -0.160. The summed E-state index contributed by atoms with van der Waals surface area (Å²) in [5, 5.41) is 13.0. The van der Waals surface area contributed by atoms with Crippen LogP contribution in [-0.2, 0) is 0 Å². The molecule has 1 unspecified atom stereocenters. The third-order valence-electron chi connectivity index (χ3n) is 1.69. The summed E-state index contributed by atoms with van der Waals surface area (Å²) < 4.78 is 0. The van der Waals surface area contributed by atoms with Crippen LogP contribution in [0.15, 0.2) is 0 Å². The van der Waals surface area contributed by atoms with E-state index < -0.39 is 6.35 Å². The van der Waals surface area contributed by atoms with E-state index in [9.17, 15) is 5.11 Å². The van der Waals surface area contributed by atoms with Gasteiger partial charge in [0.15, 0.2) is 6.35 Å². The molecule has 4 nitrogen and oxygen atoms in total. The van der Waals surface area contributed by atoms with Crippen LogP contribution >= 0.6 is 0 Å². The number of nitrogens with zero attached hydrogens (tertiary/aromatic N) is 3. The van der Waals surface area contributed by atoms with Gasteiger partial charge in [0.05, 0.1) is 6.67 Å². The minimum absolute atomic E-state index is 0.449. The third-order valence-corrected chi connectivity index (χ3v) is 1.69. The van der Waals surface area contributed by atoms with Crippen molar-refractivity contribution in [2.24, 2.45) is 0 Å². The second-order valence-electron chi connectivity index (χ2n) is 2.48. The highest BCUT2D eigenvalue weighted by atomic mass is 16.3. The van der Waals surface area contributed by atoms with Crippen LogP contribution in [0.4, 0.5) is 0 Å². The second-order valence-corrected chi connectivity index (χ2v) is 2.48. The number of hydrazine groups is 1. The van der Waals surface area contributed by atoms with E-state index in [0.29, 0.717) is 0 Å². The van der Waals surface area contributed by atoms with Gasteiger partial charge < -0.3 is 5.11 Å². The van der Waals surface area contributed by atoms with E-state index in [1.54, 1.807) is 5.01 Å². The number of aliphatic hydroxyl groups is 1. The monoisotopic (exact) mass is 131 g/mol. The molecule has 1 N–H and O–H groups in total. The Morgan fingerprint density at radius 2 is 1.89 bits per heavy atom. The smallest absolute Gasteiger partial charge is 0.179 e. The van der Waals surface area contributed by atoms with Gasteiger partial charge in [0.1, 0.15) is 0 Å². The van der Waals surface area contributed by atoms with Crippen molar-refractivity contribution in [3.63, 3.8) is 0 Å². The maximum absolute atomic E-state index is 9.25. The number of hydrogen-bond acceptors (Lipinski definition) is 4. The molecule has 1 rings (SSSR count). The second kappa shape index (κ2) is 2.22. The average Bonchev–Trinajstić information content (AvgIpc) is 1.98. The van der Waals surface area contributed by atoms with Crippen LogP contribution in [0.5, 0.6) is 0 Å². The molecule has 0 aromatic rings. The molecule has 9 heavy (non-hydrogen) atoms. The minimum atomic E-state index is -0.449. The summed E-state index contributed by atoms with van der Waals surface area (Å²) in [4.78, 5) is 1.85. The van der Waals surface area contributed by atoms with Crippen molar-refractivity contribution < 1.29 is 5.11 Å². The van der Waals surface area contributed by atoms with E-state index in [4.69, 9.17) is 0 Å². The summed E-state index contributed by atoms with van der Waals surface area (Å²) in [7, 11) is 5.67. The molecule has 0 amide bonds. The zero-order chi connectivity index (χ0) is 7.02. The molecule has 0 spiro atoms. The lowest BCUT2D eigenvalue weighted by molar-refractivity contribution is -0.0821. The molecule has 4 heteroatoms. The Bertz CT molecular complexity index is 96.4. The van der Waals surface area contributed by atoms with Crippen molar-refractivity contribution in [3.05, 3.63) is 0 Å². The molecule has 54 valence electrons. The first-order valence-electron chi connectivity index (χ1n) is 2.95. The van der Waals surface area contributed by atoms with E-state index in [1.165, 1.54) is 0 Å². The Morgan fingerprint density at radius 1 is 1.33 bits per heavy atom. The standard InChI is InChI=1S/C5H13N3O/c1-6-4-7(2)8(3)5(6)9/h5,9H,4H2,1-3H3. The maximum atomic E-state index is 9.25. The fourth-order valence-corrected chi connectivity index (χ4v) is 0.957. The molecule has 1 atom stereocenters. The Morgan fingerprint density at radius 3 is 2.00 bits per heavy atom. The van der Waals surface area contributed by atoms with Gasteiger partial charge in [-0.1, -0.05) is 0 Å². The molecule has 1 saturated heterocycles. The van der Waals surface area contributed by atoms with Gasteiger partial charge in [-0.05, 0) is 7.05 Å². The zero-order valence-corrected chi connectivity index (χ0v) is 6.07. The van der Waals surface area contributed by atoms with Gasteiger partial charge in [-0.3, -0.25) is 4.90 Å². The van der Waals surface area contributed by atoms with Gasteiger partial charge >= 0.3 is 0 Å². The SMILES string of the molecule is CN1CN(C)N(C)C1O. The molecule has 1 aliphatic heterocycles. The number of aliphatic hydroxyl groups excluding tert-OH is 1. The predicted molar refractivity (Wildman–Crippen MR) is 34.2 cm³/mol. The van der Waals surface area contributed by atoms with Crippen molar-refractivity contribution in [1.82, 2.24) is 14.9 Å². The van der Waals surface area contributed by atoms with Gasteiger partial charge in [-0.25, -0.2) is 10.0 Å². The van der Waals surface area contributed by atoms with E-state index in [-0.39, 0.29) is 0 Å². The Kier molecular flexibility index (Phi) is 1.72. The van der Waals surface area contributed by atoms with Gasteiger partial charge in [-0.2, -0.15) is 0 Å². The number of rotatable bonds is 0. The van der Waals surface area contributed by atoms with Crippen molar-refractivity contribution in [3.8, 4) is 0 Å². The molecule has 0 saturated carbocycles. The lowest BCUT2D eigenvalue weighted by Gasteiger charge is -2.19. The Labute approximate surface area is 55.2 Å². The quantitative estimate of drug-likeness (QED) is 0.454. The van der Waals surface area contributed by atoms with Crippen molar-refractivity contribution in [2.45, 2.75) is 6.35 Å². The average molecular weight is 131 g/mol. The molecule has 1 aliphatic rings. The van der Waals surface area contributed by atoms with E-state index in [2.05, 4.69) is 0 Å². The molecule has 0 aliphatic carbocycles. The molecule has 0 radical (unpaired) electrons. The summed E-state index contributed by atoms with van der Waals surface area (Å²) in [5.74, 6) is 0. The lowest BCUT2D eigenvalue weighted by atomic mass is 10.8. The van der Waals surface area contributed by atoms with E-state index >= 15 is 0 Å². The van der Waals surface area contributed by atoms with Crippen molar-refractivity contribution in [1.29, 1.82) is 0 Å². The molecular formula is C5H13N3O. The van der Waals surface area contributed by atoms with Gasteiger partial charge in [0.25, 0.3) is 0 Å². The lowest BCUT2D eigenvalue weighted by Crippen LogP contribution is -2.37. The molecule has 1 heterocycles. The predicted octanol–water partition coefficient (Wildman–Crippen LogP) is -1.06. The number of hydrogen-bond donors (Lipinski definition) is 1.